The predicted molar refractivity (Wildman–Crippen MR) is 62.2 cm³/mol. The molecule has 0 spiro atoms. The van der Waals surface area contributed by atoms with Crippen molar-refractivity contribution in [3.05, 3.63) is 41.7 Å². The fourth-order valence-electron chi connectivity index (χ4n) is 1.14. The second kappa shape index (κ2) is 5.29. The summed E-state index contributed by atoms with van der Waals surface area (Å²) >= 11 is 0. The highest BCUT2D eigenvalue weighted by molar-refractivity contribution is 5.32. The van der Waals surface area contributed by atoms with Crippen LogP contribution in [0.5, 0.6) is 0 Å². The lowest BCUT2D eigenvalue weighted by Gasteiger charge is -1.98. The number of aromatic nitrogens is 3. The number of nitrogens with zero attached hydrogens (tertiary/aromatic N) is 3. The van der Waals surface area contributed by atoms with Crippen molar-refractivity contribution in [2.75, 3.05) is 0 Å². The Morgan fingerprint density at radius 3 is 2.07 bits per heavy atom. The van der Waals surface area contributed by atoms with Crippen molar-refractivity contribution < 1.29 is 0 Å². The molecule has 0 aliphatic heterocycles. The summed E-state index contributed by atoms with van der Waals surface area (Å²) in [5, 5.41) is 8.34. The van der Waals surface area contributed by atoms with Crippen LogP contribution in [0, 0.1) is 13.8 Å². The number of rotatable bonds is 1. The second-order valence-corrected chi connectivity index (χ2v) is 3.11. The minimum absolute atomic E-state index is 0.931. The molecule has 1 heterocycles. The molecule has 0 radical (unpaired) electrons. The van der Waals surface area contributed by atoms with E-state index < -0.39 is 0 Å². The molecule has 2 aromatic rings. The minimum atomic E-state index is 0.931. The molecular weight excluding hydrogens is 186 g/mol. The predicted octanol–water partition coefficient (Wildman–Crippen LogP) is 2.91. The monoisotopic (exact) mass is 203 g/mol. The summed E-state index contributed by atoms with van der Waals surface area (Å²) in [4.78, 5) is 1.63. The van der Waals surface area contributed by atoms with E-state index in [0.29, 0.717) is 0 Å². The van der Waals surface area contributed by atoms with Gasteiger partial charge in [-0.3, -0.25) is 0 Å². The maximum atomic E-state index is 4.22. The maximum Gasteiger partial charge on any atom is 0.0856 e. The molecule has 3 nitrogen and oxygen atoms in total. The average Bonchev–Trinajstić information content (AvgIpc) is 2.69. The molecule has 0 aliphatic rings. The van der Waals surface area contributed by atoms with Gasteiger partial charge in [0.05, 0.1) is 17.6 Å². The van der Waals surface area contributed by atoms with Gasteiger partial charge in [0.15, 0.2) is 0 Å². The summed E-state index contributed by atoms with van der Waals surface area (Å²) in [6, 6.07) is 8.12. The van der Waals surface area contributed by atoms with Crippen LogP contribution in [0.2, 0.25) is 0 Å². The van der Waals surface area contributed by atoms with Crippen molar-refractivity contribution in [2.24, 2.45) is 0 Å². The molecule has 3 heteroatoms. The lowest BCUT2D eigenvalue weighted by Crippen LogP contribution is -1.98. The third-order valence-electron chi connectivity index (χ3n) is 1.87. The van der Waals surface area contributed by atoms with Crippen molar-refractivity contribution in [3.63, 3.8) is 0 Å². The van der Waals surface area contributed by atoms with Gasteiger partial charge >= 0.3 is 0 Å². The molecule has 15 heavy (non-hydrogen) atoms. The van der Waals surface area contributed by atoms with Crippen LogP contribution in [0.3, 0.4) is 0 Å². The van der Waals surface area contributed by atoms with Crippen LogP contribution in [0.4, 0.5) is 0 Å². The Balaban J connectivity index is 0.000000531. The van der Waals surface area contributed by atoms with Gasteiger partial charge in [-0.05, 0) is 26.0 Å². The number of aryl methyl sites for hydroxylation is 2. The molecule has 0 N–H and O–H groups in total. The van der Waals surface area contributed by atoms with E-state index >= 15 is 0 Å². The van der Waals surface area contributed by atoms with Crippen molar-refractivity contribution in [1.29, 1.82) is 0 Å². The lowest BCUT2D eigenvalue weighted by molar-refractivity contribution is 0.745. The first-order valence-corrected chi connectivity index (χ1v) is 5.22. The minimum Gasteiger partial charge on any atom is -0.157 e. The first kappa shape index (κ1) is 11.4. The summed E-state index contributed by atoms with van der Waals surface area (Å²) < 4.78 is 0. The zero-order valence-electron chi connectivity index (χ0n) is 9.73. The van der Waals surface area contributed by atoms with E-state index in [2.05, 4.69) is 17.1 Å². The van der Waals surface area contributed by atoms with Crippen molar-refractivity contribution in [2.45, 2.75) is 27.7 Å². The molecule has 0 aliphatic carbocycles. The summed E-state index contributed by atoms with van der Waals surface area (Å²) in [5.41, 5.74) is 3.17. The van der Waals surface area contributed by atoms with Gasteiger partial charge in [-0.15, -0.1) is 0 Å². The smallest absolute Gasteiger partial charge is 0.0856 e. The highest BCUT2D eigenvalue weighted by Gasteiger charge is 1.97. The highest BCUT2D eigenvalue weighted by atomic mass is 15.5. The summed E-state index contributed by atoms with van der Waals surface area (Å²) in [5.74, 6) is 0. The molecule has 0 unspecified atom stereocenters. The van der Waals surface area contributed by atoms with E-state index in [0.717, 1.165) is 11.4 Å². The Kier molecular flexibility index (Phi) is 4.03. The topological polar surface area (TPSA) is 30.7 Å². The van der Waals surface area contributed by atoms with E-state index in [-0.39, 0.29) is 0 Å². The highest BCUT2D eigenvalue weighted by Crippen LogP contribution is 2.06. The quantitative estimate of drug-likeness (QED) is 0.713. The molecule has 0 bridgehead atoms. The van der Waals surface area contributed by atoms with Gasteiger partial charge in [-0.2, -0.15) is 15.0 Å². The molecule has 0 amide bonds. The van der Waals surface area contributed by atoms with Crippen molar-refractivity contribution >= 4 is 0 Å². The van der Waals surface area contributed by atoms with E-state index in [1.54, 1.807) is 11.0 Å². The normalized spacial score (nSPS) is 9.33. The average molecular weight is 203 g/mol. The fourth-order valence-corrected chi connectivity index (χ4v) is 1.14. The Morgan fingerprint density at radius 1 is 1.00 bits per heavy atom. The van der Waals surface area contributed by atoms with E-state index in [4.69, 9.17) is 0 Å². The Labute approximate surface area is 90.7 Å². The Hall–Kier alpha value is -1.64. The van der Waals surface area contributed by atoms with E-state index in [1.165, 1.54) is 5.56 Å². The third-order valence-corrected chi connectivity index (χ3v) is 1.87. The summed E-state index contributed by atoms with van der Waals surface area (Å²) in [6.45, 7) is 7.99. The van der Waals surface area contributed by atoms with Crippen molar-refractivity contribution in [1.82, 2.24) is 15.0 Å². The molecular formula is C12H17N3. The van der Waals surface area contributed by atoms with Gasteiger partial charge in [-0.1, -0.05) is 31.5 Å². The molecule has 80 valence electrons. The largest absolute Gasteiger partial charge is 0.157 e. The standard InChI is InChI=1S/C10H11N3.C2H6/c1-8-3-5-10(6-4-8)13-11-7-9(2)12-13;1-2/h3-7H,1-2H3;1-2H3. The van der Waals surface area contributed by atoms with Crippen LogP contribution >= 0.6 is 0 Å². The van der Waals surface area contributed by atoms with Gasteiger partial charge in [-0.25, -0.2) is 0 Å². The third kappa shape index (κ3) is 2.91. The van der Waals surface area contributed by atoms with Crippen molar-refractivity contribution in [3.8, 4) is 5.69 Å². The molecule has 2 rings (SSSR count). The number of hydrogen-bond donors (Lipinski definition) is 0. The van der Waals surface area contributed by atoms with Gasteiger partial charge in [0, 0.05) is 0 Å². The molecule has 0 atom stereocenters. The van der Waals surface area contributed by atoms with Crippen LogP contribution in [0.15, 0.2) is 30.5 Å². The number of hydrogen-bond acceptors (Lipinski definition) is 2. The molecule has 0 saturated carbocycles. The van der Waals surface area contributed by atoms with Crippen LogP contribution in [-0.4, -0.2) is 15.0 Å². The SMILES string of the molecule is CC.Cc1ccc(-n2ncc(C)n2)cc1. The molecule has 0 saturated heterocycles. The Morgan fingerprint density at radius 2 is 1.60 bits per heavy atom. The van der Waals surface area contributed by atoms with Crippen LogP contribution in [-0.2, 0) is 0 Å². The zero-order valence-corrected chi connectivity index (χ0v) is 9.73. The van der Waals surface area contributed by atoms with E-state index in [1.807, 2.05) is 45.0 Å². The van der Waals surface area contributed by atoms with Crippen LogP contribution in [0.25, 0.3) is 5.69 Å². The zero-order chi connectivity index (χ0) is 11.3. The number of benzene rings is 1. The fraction of sp³-hybridized carbons (Fsp3) is 0.333. The van der Waals surface area contributed by atoms with Gasteiger partial charge in [0.25, 0.3) is 0 Å². The van der Waals surface area contributed by atoms with Gasteiger partial charge in [0.2, 0.25) is 0 Å². The first-order chi connectivity index (χ1) is 7.25. The first-order valence-electron chi connectivity index (χ1n) is 5.22. The molecule has 0 fully saturated rings. The summed E-state index contributed by atoms with van der Waals surface area (Å²) in [7, 11) is 0. The second-order valence-electron chi connectivity index (χ2n) is 3.11. The van der Waals surface area contributed by atoms with Gasteiger partial charge < -0.3 is 0 Å². The van der Waals surface area contributed by atoms with Gasteiger partial charge in [0.1, 0.15) is 0 Å². The summed E-state index contributed by atoms with van der Waals surface area (Å²) in [6.07, 6.45) is 1.75. The molecule has 1 aromatic carbocycles. The lowest BCUT2D eigenvalue weighted by atomic mass is 10.2. The van der Waals surface area contributed by atoms with Crippen LogP contribution in [0.1, 0.15) is 25.1 Å². The maximum absolute atomic E-state index is 4.22. The van der Waals surface area contributed by atoms with Crippen LogP contribution < -0.4 is 0 Å². The molecule has 1 aromatic heterocycles. The van der Waals surface area contributed by atoms with E-state index in [9.17, 15) is 0 Å². The Bertz CT molecular complexity index is 401.